The quantitative estimate of drug-likeness (QED) is 0.183. The molecule has 0 amide bonds. The van der Waals surface area contributed by atoms with Crippen LogP contribution in [-0.4, -0.2) is 32.1 Å². The van der Waals surface area contributed by atoms with Crippen molar-refractivity contribution in [2.75, 3.05) is 11.9 Å². The summed E-state index contributed by atoms with van der Waals surface area (Å²) in [4.78, 5) is 42.3. The molecule has 2 aromatic carbocycles. The fourth-order valence-corrected chi connectivity index (χ4v) is 5.57. The summed E-state index contributed by atoms with van der Waals surface area (Å²) in [7, 11) is 0. The van der Waals surface area contributed by atoms with E-state index < -0.39 is 22.1 Å². The Labute approximate surface area is 227 Å². The maximum absolute atomic E-state index is 13.6. The van der Waals surface area contributed by atoms with E-state index in [-0.39, 0.29) is 36.4 Å². The number of benzene rings is 2. The highest BCUT2D eigenvalue weighted by atomic mass is 35.5. The number of cyclic esters (lactones) is 1. The summed E-state index contributed by atoms with van der Waals surface area (Å²) in [6.07, 6.45) is 0.657. The van der Waals surface area contributed by atoms with Crippen LogP contribution in [0.4, 0.5) is 11.4 Å². The molecule has 4 heterocycles. The molecule has 0 aliphatic carbocycles. The van der Waals surface area contributed by atoms with Gasteiger partial charge in [0.15, 0.2) is 5.60 Å². The van der Waals surface area contributed by atoms with Crippen LogP contribution in [0.1, 0.15) is 35.6 Å². The highest BCUT2D eigenvalue weighted by Crippen LogP contribution is 2.43. The first kappa shape index (κ1) is 25.0. The fourth-order valence-electron chi connectivity index (χ4n) is 5.44. The number of anilines is 1. The summed E-state index contributed by atoms with van der Waals surface area (Å²) >= 11 is 6.00. The first-order valence-corrected chi connectivity index (χ1v) is 12.9. The van der Waals surface area contributed by atoms with Gasteiger partial charge in [-0.25, -0.2) is 9.78 Å². The molecule has 11 heteroatoms. The van der Waals surface area contributed by atoms with E-state index in [1.54, 1.807) is 37.3 Å². The summed E-state index contributed by atoms with van der Waals surface area (Å²) < 4.78 is 6.66. The molecule has 6 rings (SSSR count). The first-order valence-electron chi connectivity index (χ1n) is 12.5. The van der Waals surface area contributed by atoms with Crippen molar-refractivity contribution in [1.82, 2.24) is 9.55 Å². The second-order valence-electron chi connectivity index (χ2n) is 9.65. The second-order valence-corrected chi connectivity index (χ2v) is 10.1. The number of carbonyl (C=O) groups excluding carboxylic acids is 1. The molecule has 0 saturated carbocycles. The van der Waals surface area contributed by atoms with Crippen molar-refractivity contribution < 1.29 is 19.6 Å². The highest BCUT2D eigenvalue weighted by molar-refractivity contribution is 6.30. The maximum Gasteiger partial charge on any atom is 0.343 e. The number of nitro groups is 1. The SMILES string of the molecule is CC[C@@]1(O)C(=O)OCc2c1cc1n(c2=O)Cc2c-1nc1cccc([N+](=O)[O-])c1c2NCCc1ccc(Cl)cc1. The van der Waals surface area contributed by atoms with Gasteiger partial charge in [0.05, 0.1) is 39.6 Å². The van der Waals surface area contributed by atoms with Crippen LogP contribution in [0.3, 0.4) is 0 Å². The average Bonchev–Trinajstić information content (AvgIpc) is 3.30. The van der Waals surface area contributed by atoms with Crippen LogP contribution in [0.2, 0.25) is 5.02 Å². The van der Waals surface area contributed by atoms with Gasteiger partial charge >= 0.3 is 5.97 Å². The molecule has 0 fully saturated rings. The Bertz CT molecular complexity index is 1750. The third-order valence-corrected chi connectivity index (χ3v) is 7.77. The molecule has 1 atom stereocenters. The van der Waals surface area contributed by atoms with E-state index in [1.165, 1.54) is 10.6 Å². The van der Waals surface area contributed by atoms with E-state index in [0.29, 0.717) is 51.5 Å². The van der Waals surface area contributed by atoms with Crippen molar-refractivity contribution in [2.24, 2.45) is 0 Å². The molecule has 0 bridgehead atoms. The number of carbonyl (C=O) groups is 1. The number of nitrogens with one attached hydrogen (secondary N) is 1. The maximum atomic E-state index is 13.6. The third kappa shape index (κ3) is 3.86. The van der Waals surface area contributed by atoms with Gasteiger partial charge in [0.1, 0.15) is 12.0 Å². The number of nitrogens with zero attached hydrogens (tertiary/aromatic N) is 3. The van der Waals surface area contributed by atoms with Crippen molar-refractivity contribution in [3.05, 3.63) is 96.3 Å². The number of hydrogen-bond donors (Lipinski definition) is 2. The number of aliphatic hydroxyl groups is 1. The number of hydrogen-bond acceptors (Lipinski definition) is 8. The third-order valence-electron chi connectivity index (χ3n) is 7.52. The number of esters is 1. The molecular formula is C28H23ClN4O6. The smallest absolute Gasteiger partial charge is 0.343 e. The summed E-state index contributed by atoms with van der Waals surface area (Å²) in [5.74, 6) is -0.799. The number of halogens is 1. The van der Waals surface area contributed by atoms with Crippen molar-refractivity contribution in [3.63, 3.8) is 0 Å². The zero-order valence-electron chi connectivity index (χ0n) is 20.9. The fraction of sp³-hybridized carbons (Fsp3) is 0.250. The lowest BCUT2D eigenvalue weighted by Gasteiger charge is -2.31. The van der Waals surface area contributed by atoms with Gasteiger partial charge in [0.2, 0.25) is 0 Å². The largest absolute Gasteiger partial charge is 0.458 e. The lowest BCUT2D eigenvalue weighted by molar-refractivity contribution is -0.383. The van der Waals surface area contributed by atoms with Crippen LogP contribution in [0.5, 0.6) is 0 Å². The molecule has 39 heavy (non-hydrogen) atoms. The Hall–Kier alpha value is -4.28. The number of fused-ring (bicyclic) bond motifs is 5. The Balaban J connectivity index is 1.52. The normalized spacial score (nSPS) is 17.4. The van der Waals surface area contributed by atoms with Gasteiger partial charge < -0.3 is 19.7 Å². The van der Waals surface area contributed by atoms with Crippen LogP contribution in [0.15, 0.2) is 53.3 Å². The van der Waals surface area contributed by atoms with Gasteiger partial charge in [-0.1, -0.05) is 36.7 Å². The number of rotatable bonds is 6. The molecule has 0 saturated heterocycles. The first-order chi connectivity index (χ1) is 18.7. The number of ether oxygens (including phenoxy) is 1. The number of pyridine rings is 2. The van der Waals surface area contributed by atoms with Gasteiger partial charge in [-0.2, -0.15) is 0 Å². The highest BCUT2D eigenvalue weighted by Gasteiger charge is 2.45. The predicted molar refractivity (Wildman–Crippen MR) is 145 cm³/mol. The second kappa shape index (κ2) is 9.18. The van der Waals surface area contributed by atoms with Crippen LogP contribution < -0.4 is 10.9 Å². The molecule has 0 radical (unpaired) electrons. The molecule has 2 aromatic heterocycles. The van der Waals surface area contributed by atoms with E-state index in [2.05, 4.69) is 5.32 Å². The molecule has 10 nitrogen and oxygen atoms in total. The minimum Gasteiger partial charge on any atom is -0.458 e. The molecular weight excluding hydrogens is 524 g/mol. The van der Waals surface area contributed by atoms with Crippen LogP contribution in [-0.2, 0) is 34.7 Å². The standard InChI is InChI=1S/C28H23ClN4O6/c1-2-28(36)19-12-22-24-17(13-32(22)26(34)18(19)14-39-27(28)35)25(30-11-10-15-6-8-16(29)9-7-15)23-20(31-24)4-3-5-21(23)33(37)38/h3-9,12,36H,2,10-11,13-14H2,1H3,(H,30,31)/t28-/m0/s1. The predicted octanol–water partition coefficient (Wildman–Crippen LogP) is 4.30. The zero-order chi connectivity index (χ0) is 27.5. The van der Waals surface area contributed by atoms with E-state index in [4.69, 9.17) is 21.3 Å². The van der Waals surface area contributed by atoms with Gasteiger partial charge in [0.25, 0.3) is 11.2 Å². The van der Waals surface area contributed by atoms with Crippen molar-refractivity contribution >= 4 is 39.8 Å². The summed E-state index contributed by atoms with van der Waals surface area (Å²) in [5, 5.41) is 27.5. The monoisotopic (exact) mass is 546 g/mol. The number of aromatic nitrogens is 2. The summed E-state index contributed by atoms with van der Waals surface area (Å²) in [6.45, 7) is 1.98. The molecule has 2 aliphatic rings. The van der Waals surface area contributed by atoms with E-state index in [0.717, 1.165) is 5.56 Å². The van der Waals surface area contributed by atoms with Gasteiger partial charge in [0, 0.05) is 28.8 Å². The zero-order valence-corrected chi connectivity index (χ0v) is 21.6. The Morgan fingerprint density at radius 2 is 1.97 bits per heavy atom. The molecule has 4 aromatic rings. The summed E-state index contributed by atoms with van der Waals surface area (Å²) in [6, 6.07) is 13.7. The molecule has 198 valence electrons. The van der Waals surface area contributed by atoms with Gasteiger partial charge in [-0.3, -0.25) is 14.9 Å². The number of non-ortho nitro benzene ring substituents is 1. The van der Waals surface area contributed by atoms with E-state index >= 15 is 0 Å². The van der Waals surface area contributed by atoms with Crippen LogP contribution >= 0.6 is 11.6 Å². The summed E-state index contributed by atoms with van der Waals surface area (Å²) in [5.41, 5.74) is 1.46. The molecule has 0 unspecified atom stereocenters. The minimum absolute atomic E-state index is 0.0312. The molecule has 0 spiro atoms. The van der Waals surface area contributed by atoms with Gasteiger partial charge in [-0.15, -0.1) is 0 Å². The number of nitro benzene ring substituents is 1. The Morgan fingerprint density at radius 1 is 1.21 bits per heavy atom. The van der Waals surface area contributed by atoms with Crippen LogP contribution in [0.25, 0.3) is 22.3 Å². The average molecular weight is 547 g/mol. The van der Waals surface area contributed by atoms with Crippen molar-refractivity contribution in [2.45, 2.75) is 38.5 Å². The van der Waals surface area contributed by atoms with Crippen molar-refractivity contribution in [1.29, 1.82) is 0 Å². The van der Waals surface area contributed by atoms with E-state index in [9.17, 15) is 24.8 Å². The van der Waals surface area contributed by atoms with Crippen LogP contribution in [0, 0.1) is 10.1 Å². The topological polar surface area (TPSA) is 137 Å². The minimum atomic E-state index is -1.94. The molecule has 2 N–H and O–H groups in total. The molecule has 2 aliphatic heterocycles. The lowest BCUT2D eigenvalue weighted by atomic mass is 9.86. The van der Waals surface area contributed by atoms with Crippen molar-refractivity contribution in [3.8, 4) is 11.4 Å². The van der Waals surface area contributed by atoms with E-state index in [1.807, 2.05) is 12.1 Å². The Kier molecular flexibility index (Phi) is 5.89. The Morgan fingerprint density at radius 3 is 2.69 bits per heavy atom. The van der Waals surface area contributed by atoms with Gasteiger partial charge in [-0.05, 0) is 42.7 Å². The lowest BCUT2D eigenvalue weighted by Crippen LogP contribution is -2.44.